The minimum absolute atomic E-state index is 0.0293. The van der Waals surface area contributed by atoms with Crippen molar-refractivity contribution in [2.45, 2.75) is 10.1 Å². The summed E-state index contributed by atoms with van der Waals surface area (Å²) < 4.78 is 10.9. The van der Waals surface area contributed by atoms with Gasteiger partial charge >= 0.3 is 0 Å². The summed E-state index contributed by atoms with van der Waals surface area (Å²) in [6.07, 6.45) is 1.52. The molecule has 11 heteroatoms. The first-order valence-electron chi connectivity index (χ1n) is 14.9. The van der Waals surface area contributed by atoms with Crippen molar-refractivity contribution in [2.24, 2.45) is 0 Å². The van der Waals surface area contributed by atoms with E-state index in [1.54, 1.807) is 84.9 Å². The molecule has 248 valence electrons. The van der Waals surface area contributed by atoms with Crippen LogP contribution in [0.15, 0.2) is 132 Å². The molecule has 5 aromatic rings. The van der Waals surface area contributed by atoms with Crippen LogP contribution in [-0.4, -0.2) is 31.9 Å². The molecule has 5 rings (SSSR count). The molecule has 49 heavy (non-hydrogen) atoms. The standard InChI is InChI=1S/C38H31Cl2N3O5S/c1-47-28-19-20-33(48-2)26(21-28)22-32(43-36(44)25-13-7-4-8-14-25)37(45)41-27-15-9-16-29(23-27)49-35(24-11-5-3-6-12-24)38(46)42-31-18-10-17-30(39)34(31)40/h3-23,35H,1-2H3,(H,41,45)(H,42,46)(H,43,44)/b32-22+. The second-order valence-electron chi connectivity index (χ2n) is 10.5. The van der Waals surface area contributed by atoms with E-state index in [1.807, 2.05) is 36.4 Å². The molecule has 3 N–H and O–H groups in total. The van der Waals surface area contributed by atoms with Gasteiger partial charge in [0, 0.05) is 21.7 Å². The second kappa shape index (κ2) is 16.7. The molecule has 0 aromatic heterocycles. The fourth-order valence-corrected chi connectivity index (χ4v) is 6.16. The number of hydrogen-bond acceptors (Lipinski definition) is 6. The summed E-state index contributed by atoms with van der Waals surface area (Å²) >= 11 is 13.8. The predicted octanol–water partition coefficient (Wildman–Crippen LogP) is 8.89. The largest absolute Gasteiger partial charge is 0.497 e. The minimum Gasteiger partial charge on any atom is -0.497 e. The van der Waals surface area contributed by atoms with E-state index in [0.29, 0.717) is 43.9 Å². The summed E-state index contributed by atoms with van der Waals surface area (Å²) in [5, 5.41) is 8.40. The number of carbonyl (C=O) groups is 3. The third-order valence-corrected chi connectivity index (χ3v) is 9.23. The Kier molecular flexibility index (Phi) is 12.0. The molecular formula is C38H31Cl2N3O5S. The molecule has 0 bridgehead atoms. The SMILES string of the molecule is COc1ccc(OC)c(/C=C(/NC(=O)c2ccccc2)C(=O)Nc2cccc(SC(C(=O)Nc3cccc(Cl)c3Cl)c3ccccc3)c2)c1. The molecular weight excluding hydrogens is 681 g/mol. The highest BCUT2D eigenvalue weighted by molar-refractivity contribution is 8.00. The molecule has 8 nitrogen and oxygen atoms in total. The van der Waals surface area contributed by atoms with E-state index in [0.717, 1.165) is 5.56 Å². The number of methoxy groups -OCH3 is 2. The Balaban J connectivity index is 1.42. The van der Waals surface area contributed by atoms with Gasteiger partial charge in [-0.15, -0.1) is 11.8 Å². The molecule has 1 atom stereocenters. The Morgan fingerprint density at radius 1 is 0.755 bits per heavy atom. The van der Waals surface area contributed by atoms with Crippen LogP contribution < -0.4 is 25.4 Å². The maximum Gasteiger partial charge on any atom is 0.272 e. The van der Waals surface area contributed by atoms with Crippen molar-refractivity contribution in [3.05, 3.63) is 154 Å². The number of thioether (sulfide) groups is 1. The molecule has 0 saturated heterocycles. The summed E-state index contributed by atoms with van der Waals surface area (Å²) in [5.74, 6) is -0.340. The number of hydrogen-bond donors (Lipinski definition) is 3. The van der Waals surface area contributed by atoms with Gasteiger partial charge in [-0.3, -0.25) is 14.4 Å². The van der Waals surface area contributed by atoms with Gasteiger partial charge in [0.25, 0.3) is 11.8 Å². The van der Waals surface area contributed by atoms with Crippen molar-refractivity contribution in [1.29, 1.82) is 0 Å². The number of amides is 3. The Morgan fingerprint density at radius 3 is 2.18 bits per heavy atom. The van der Waals surface area contributed by atoms with Crippen molar-refractivity contribution in [1.82, 2.24) is 5.32 Å². The molecule has 1 unspecified atom stereocenters. The minimum atomic E-state index is -0.677. The van der Waals surface area contributed by atoms with E-state index in [4.69, 9.17) is 32.7 Å². The Morgan fingerprint density at radius 2 is 1.47 bits per heavy atom. The summed E-state index contributed by atoms with van der Waals surface area (Å²) in [6, 6.07) is 35.1. The van der Waals surface area contributed by atoms with Crippen LogP contribution in [0.4, 0.5) is 11.4 Å². The van der Waals surface area contributed by atoms with Gasteiger partial charge in [-0.1, -0.05) is 83.9 Å². The summed E-state index contributed by atoms with van der Waals surface area (Å²) in [4.78, 5) is 41.3. The van der Waals surface area contributed by atoms with Gasteiger partial charge in [0.15, 0.2) is 0 Å². The smallest absolute Gasteiger partial charge is 0.272 e. The van der Waals surface area contributed by atoms with Gasteiger partial charge in [0.2, 0.25) is 5.91 Å². The van der Waals surface area contributed by atoms with E-state index in [2.05, 4.69) is 16.0 Å². The number of ether oxygens (including phenoxy) is 2. The van der Waals surface area contributed by atoms with Crippen molar-refractivity contribution in [3.63, 3.8) is 0 Å². The highest BCUT2D eigenvalue weighted by Gasteiger charge is 2.24. The normalized spacial score (nSPS) is 11.6. The fourth-order valence-electron chi connectivity index (χ4n) is 4.73. The highest BCUT2D eigenvalue weighted by Crippen LogP contribution is 2.38. The lowest BCUT2D eigenvalue weighted by molar-refractivity contribution is -0.116. The maximum atomic E-state index is 13.8. The maximum absolute atomic E-state index is 13.8. The third kappa shape index (κ3) is 9.23. The van der Waals surface area contributed by atoms with Crippen LogP contribution in [0.2, 0.25) is 10.0 Å². The Bertz CT molecular complexity index is 1990. The molecule has 0 saturated carbocycles. The lowest BCUT2D eigenvalue weighted by Gasteiger charge is -2.18. The number of carbonyl (C=O) groups excluding carboxylic acids is 3. The van der Waals surface area contributed by atoms with Crippen LogP contribution in [0, 0.1) is 0 Å². The quantitative estimate of drug-likeness (QED) is 0.0882. The first-order chi connectivity index (χ1) is 23.7. The van der Waals surface area contributed by atoms with Gasteiger partial charge in [0.05, 0.1) is 30.0 Å². The Hall–Kier alpha value is -5.22. The monoisotopic (exact) mass is 711 g/mol. The predicted molar refractivity (Wildman–Crippen MR) is 197 cm³/mol. The lowest BCUT2D eigenvalue weighted by Crippen LogP contribution is -2.30. The molecule has 3 amide bonds. The zero-order valence-electron chi connectivity index (χ0n) is 26.4. The highest BCUT2D eigenvalue weighted by atomic mass is 35.5. The number of rotatable bonds is 12. The number of benzene rings is 5. The van der Waals surface area contributed by atoms with Crippen LogP contribution in [0.5, 0.6) is 11.5 Å². The van der Waals surface area contributed by atoms with Crippen molar-refractivity contribution in [3.8, 4) is 11.5 Å². The van der Waals surface area contributed by atoms with Crippen molar-refractivity contribution >= 4 is 70.1 Å². The topological polar surface area (TPSA) is 106 Å². The molecule has 0 aliphatic heterocycles. The number of halogens is 2. The average molecular weight is 713 g/mol. The van der Waals surface area contributed by atoms with E-state index in [-0.39, 0.29) is 16.6 Å². The van der Waals surface area contributed by atoms with Crippen LogP contribution in [-0.2, 0) is 9.59 Å². The first-order valence-corrected chi connectivity index (χ1v) is 16.6. The van der Waals surface area contributed by atoms with Gasteiger partial charge < -0.3 is 25.4 Å². The molecule has 0 spiro atoms. The van der Waals surface area contributed by atoms with Gasteiger partial charge in [-0.05, 0) is 72.3 Å². The zero-order chi connectivity index (χ0) is 34.8. The molecule has 0 heterocycles. The lowest BCUT2D eigenvalue weighted by atomic mass is 10.1. The van der Waals surface area contributed by atoms with Gasteiger partial charge in [0.1, 0.15) is 22.4 Å². The fraction of sp³-hybridized carbons (Fsp3) is 0.0789. The first kappa shape index (κ1) is 35.1. The van der Waals surface area contributed by atoms with E-state index >= 15 is 0 Å². The van der Waals surface area contributed by atoms with Crippen molar-refractivity contribution in [2.75, 3.05) is 24.9 Å². The van der Waals surface area contributed by atoms with Gasteiger partial charge in [-0.25, -0.2) is 0 Å². The van der Waals surface area contributed by atoms with E-state index in [9.17, 15) is 14.4 Å². The molecule has 0 aliphatic carbocycles. The number of nitrogens with one attached hydrogen (secondary N) is 3. The summed E-state index contributed by atoms with van der Waals surface area (Å²) in [7, 11) is 3.04. The van der Waals surface area contributed by atoms with Crippen LogP contribution in [0.3, 0.4) is 0 Å². The summed E-state index contributed by atoms with van der Waals surface area (Å²) in [6.45, 7) is 0. The van der Waals surface area contributed by atoms with Crippen LogP contribution >= 0.6 is 35.0 Å². The Labute approximate surface area is 298 Å². The molecule has 0 fully saturated rings. The van der Waals surface area contributed by atoms with E-state index < -0.39 is 17.1 Å². The zero-order valence-corrected chi connectivity index (χ0v) is 28.7. The summed E-state index contributed by atoms with van der Waals surface area (Å²) in [5.41, 5.74) is 2.46. The molecule has 5 aromatic carbocycles. The van der Waals surface area contributed by atoms with Crippen LogP contribution in [0.25, 0.3) is 6.08 Å². The van der Waals surface area contributed by atoms with Gasteiger partial charge in [-0.2, -0.15) is 0 Å². The molecule has 0 radical (unpaired) electrons. The molecule has 0 aliphatic rings. The second-order valence-corrected chi connectivity index (χ2v) is 12.4. The van der Waals surface area contributed by atoms with Crippen LogP contribution in [0.1, 0.15) is 26.7 Å². The third-order valence-electron chi connectivity index (χ3n) is 7.16. The van der Waals surface area contributed by atoms with E-state index in [1.165, 1.54) is 32.1 Å². The van der Waals surface area contributed by atoms with Crippen molar-refractivity contribution < 1.29 is 23.9 Å². The number of anilines is 2. The average Bonchev–Trinajstić information content (AvgIpc) is 3.13.